The highest BCUT2D eigenvalue weighted by atomic mass is 15.0. The second-order valence-corrected chi connectivity index (χ2v) is 6.46. The molecule has 2 aromatic carbocycles. The van der Waals surface area contributed by atoms with Crippen LogP contribution in [0, 0.1) is 0 Å². The summed E-state index contributed by atoms with van der Waals surface area (Å²) >= 11 is 0. The van der Waals surface area contributed by atoms with Crippen molar-refractivity contribution < 1.29 is 0 Å². The van der Waals surface area contributed by atoms with Gasteiger partial charge in [0.2, 0.25) is 0 Å². The van der Waals surface area contributed by atoms with Gasteiger partial charge in [-0.1, -0.05) is 86.8 Å². The Morgan fingerprint density at radius 3 is 2.40 bits per heavy atom. The number of imidazole rings is 1. The molecule has 25 heavy (non-hydrogen) atoms. The minimum absolute atomic E-state index is 0.254. The fourth-order valence-corrected chi connectivity index (χ4v) is 3.05. The minimum Gasteiger partial charge on any atom is -0.341 e. The molecular weight excluding hydrogens is 306 g/mol. The molecule has 0 aliphatic carbocycles. The predicted molar refractivity (Wildman–Crippen MR) is 104 cm³/mol. The molecule has 3 heteroatoms. The van der Waals surface area contributed by atoms with Crippen LogP contribution in [-0.2, 0) is 6.54 Å². The maximum atomic E-state index is 4.67. The Bertz CT molecular complexity index is 734. The molecule has 0 fully saturated rings. The molecule has 1 aromatic heterocycles. The molecular formula is C22H27N3. The quantitative estimate of drug-likeness (QED) is 0.508. The van der Waals surface area contributed by atoms with E-state index < -0.39 is 0 Å². The summed E-state index contributed by atoms with van der Waals surface area (Å²) in [6.07, 6.45) is 6.75. The SMILES string of the molecule is CCCCCC(NCc1ccccc1)c1ncc(-c2ccccc2)[nH]1. The van der Waals surface area contributed by atoms with Crippen LogP contribution < -0.4 is 5.32 Å². The summed E-state index contributed by atoms with van der Waals surface area (Å²) in [6, 6.07) is 21.2. The molecule has 3 nitrogen and oxygen atoms in total. The van der Waals surface area contributed by atoms with E-state index in [0.717, 1.165) is 24.5 Å². The van der Waals surface area contributed by atoms with Crippen molar-refractivity contribution in [3.05, 3.63) is 78.2 Å². The number of aromatic amines is 1. The van der Waals surface area contributed by atoms with Crippen LogP contribution in [0.5, 0.6) is 0 Å². The van der Waals surface area contributed by atoms with Crippen molar-refractivity contribution in [1.82, 2.24) is 15.3 Å². The molecule has 0 aliphatic heterocycles. The number of H-pyrrole nitrogens is 1. The van der Waals surface area contributed by atoms with Crippen LogP contribution >= 0.6 is 0 Å². The zero-order chi connectivity index (χ0) is 17.3. The van der Waals surface area contributed by atoms with E-state index in [2.05, 4.69) is 76.8 Å². The van der Waals surface area contributed by atoms with Gasteiger partial charge in [-0.15, -0.1) is 0 Å². The molecule has 0 spiro atoms. The molecule has 0 saturated carbocycles. The molecule has 1 unspecified atom stereocenters. The second-order valence-electron chi connectivity index (χ2n) is 6.46. The molecule has 1 atom stereocenters. The van der Waals surface area contributed by atoms with Gasteiger partial charge in [0.05, 0.1) is 17.9 Å². The maximum Gasteiger partial charge on any atom is 0.123 e. The molecule has 0 aliphatic rings. The highest BCUT2D eigenvalue weighted by Gasteiger charge is 2.15. The van der Waals surface area contributed by atoms with Gasteiger partial charge in [-0.2, -0.15) is 0 Å². The number of nitrogens with zero attached hydrogens (tertiary/aromatic N) is 1. The summed E-state index contributed by atoms with van der Waals surface area (Å²) in [5.74, 6) is 1.03. The third kappa shape index (κ3) is 5.04. The lowest BCUT2D eigenvalue weighted by Gasteiger charge is -2.17. The molecule has 130 valence electrons. The highest BCUT2D eigenvalue weighted by molar-refractivity contribution is 5.58. The number of nitrogens with one attached hydrogen (secondary N) is 2. The summed E-state index contributed by atoms with van der Waals surface area (Å²) < 4.78 is 0. The third-order valence-corrected chi connectivity index (χ3v) is 4.50. The van der Waals surface area contributed by atoms with Crippen molar-refractivity contribution >= 4 is 0 Å². The number of unbranched alkanes of at least 4 members (excludes halogenated alkanes) is 2. The number of aromatic nitrogens is 2. The lowest BCUT2D eigenvalue weighted by molar-refractivity contribution is 0.457. The Hall–Kier alpha value is -2.39. The van der Waals surface area contributed by atoms with Gasteiger partial charge in [-0.3, -0.25) is 0 Å². The first-order chi connectivity index (χ1) is 12.4. The largest absolute Gasteiger partial charge is 0.341 e. The van der Waals surface area contributed by atoms with Crippen LogP contribution in [0.25, 0.3) is 11.3 Å². The number of benzene rings is 2. The summed E-state index contributed by atoms with van der Waals surface area (Å²) in [7, 11) is 0. The normalized spacial score (nSPS) is 12.2. The first-order valence-electron chi connectivity index (χ1n) is 9.24. The molecule has 2 N–H and O–H groups in total. The van der Waals surface area contributed by atoms with E-state index in [1.54, 1.807) is 0 Å². The first-order valence-corrected chi connectivity index (χ1v) is 9.24. The predicted octanol–water partition coefficient (Wildman–Crippen LogP) is 5.49. The summed E-state index contributed by atoms with van der Waals surface area (Å²) in [4.78, 5) is 8.19. The maximum absolute atomic E-state index is 4.67. The van der Waals surface area contributed by atoms with E-state index in [4.69, 9.17) is 0 Å². The van der Waals surface area contributed by atoms with Gasteiger partial charge in [0, 0.05) is 6.54 Å². The molecule has 3 rings (SSSR count). The standard InChI is InChI=1S/C22H27N3/c1-2-3-6-15-20(23-16-18-11-7-4-8-12-18)22-24-17-21(25-22)19-13-9-5-10-14-19/h4-5,7-14,17,20,23H,2-3,6,15-16H2,1H3,(H,24,25). The number of hydrogen-bond donors (Lipinski definition) is 2. The average molecular weight is 333 g/mol. The number of rotatable bonds is 9. The van der Waals surface area contributed by atoms with Crippen molar-refractivity contribution in [2.45, 2.75) is 45.2 Å². The van der Waals surface area contributed by atoms with E-state index in [0.29, 0.717) is 0 Å². The monoisotopic (exact) mass is 333 g/mol. The van der Waals surface area contributed by atoms with Crippen LogP contribution in [-0.4, -0.2) is 9.97 Å². The van der Waals surface area contributed by atoms with Crippen LogP contribution in [0.4, 0.5) is 0 Å². The fraction of sp³-hybridized carbons (Fsp3) is 0.318. The van der Waals surface area contributed by atoms with Gasteiger partial charge < -0.3 is 10.3 Å². The summed E-state index contributed by atoms with van der Waals surface area (Å²) in [5, 5.41) is 3.68. The van der Waals surface area contributed by atoms with Crippen LogP contribution in [0.15, 0.2) is 66.9 Å². The lowest BCUT2D eigenvalue weighted by atomic mass is 10.1. The van der Waals surface area contributed by atoms with E-state index in [1.165, 1.54) is 30.4 Å². The van der Waals surface area contributed by atoms with Crippen LogP contribution in [0.3, 0.4) is 0 Å². The van der Waals surface area contributed by atoms with Gasteiger partial charge in [-0.05, 0) is 17.5 Å². The van der Waals surface area contributed by atoms with Crippen molar-refractivity contribution in [2.24, 2.45) is 0 Å². The van der Waals surface area contributed by atoms with Crippen molar-refractivity contribution in [3.8, 4) is 11.3 Å². The molecule has 1 heterocycles. The Kier molecular flexibility index (Phi) is 6.41. The third-order valence-electron chi connectivity index (χ3n) is 4.50. The second kappa shape index (κ2) is 9.19. The Morgan fingerprint density at radius 2 is 1.68 bits per heavy atom. The zero-order valence-electron chi connectivity index (χ0n) is 14.9. The summed E-state index contributed by atoms with van der Waals surface area (Å²) in [5.41, 5.74) is 3.56. The molecule has 0 saturated heterocycles. The smallest absolute Gasteiger partial charge is 0.123 e. The van der Waals surface area contributed by atoms with E-state index in [1.807, 2.05) is 12.3 Å². The Morgan fingerprint density at radius 1 is 0.960 bits per heavy atom. The minimum atomic E-state index is 0.254. The van der Waals surface area contributed by atoms with Crippen LogP contribution in [0.1, 0.15) is 50.0 Å². The fourth-order valence-electron chi connectivity index (χ4n) is 3.05. The Labute approximate surface area is 150 Å². The molecule has 0 amide bonds. The van der Waals surface area contributed by atoms with Gasteiger partial charge in [0.1, 0.15) is 5.82 Å². The first kappa shape index (κ1) is 17.4. The van der Waals surface area contributed by atoms with E-state index >= 15 is 0 Å². The van der Waals surface area contributed by atoms with E-state index in [-0.39, 0.29) is 6.04 Å². The van der Waals surface area contributed by atoms with Gasteiger partial charge in [0.25, 0.3) is 0 Å². The van der Waals surface area contributed by atoms with Crippen LogP contribution in [0.2, 0.25) is 0 Å². The number of hydrogen-bond acceptors (Lipinski definition) is 2. The topological polar surface area (TPSA) is 40.7 Å². The van der Waals surface area contributed by atoms with Gasteiger partial charge >= 0.3 is 0 Å². The molecule has 0 bridgehead atoms. The van der Waals surface area contributed by atoms with Gasteiger partial charge in [0.15, 0.2) is 0 Å². The van der Waals surface area contributed by atoms with E-state index in [9.17, 15) is 0 Å². The molecule has 3 aromatic rings. The van der Waals surface area contributed by atoms with Gasteiger partial charge in [-0.25, -0.2) is 4.98 Å². The van der Waals surface area contributed by atoms with Crippen molar-refractivity contribution in [3.63, 3.8) is 0 Å². The molecule has 0 radical (unpaired) electrons. The highest BCUT2D eigenvalue weighted by Crippen LogP contribution is 2.22. The zero-order valence-corrected chi connectivity index (χ0v) is 14.9. The lowest BCUT2D eigenvalue weighted by Crippen LogP contribution is -2.22. The Balaban J connectivity index is 1.71. The van der Waals surface area contributed by atoms with Crippen molar-refractivity contribution in [1.29, 1.82) is 0 Å². The average Bonchev–Trinajstić information content (AvgIpc) is 3.16. The van der Waals surface area contributed by atoms with Crippen molar-refractivity contribution in [2.75, 3.05) is 0 Å². The summed E-state index contributed by atoms with van der Waals surface area (Å²) in [6.45, 7) is 3.10.